The maximum atomic E-state index is 14.2. The molecule has 3 heterocycles. The highest BCUT2D eigenvalue weighted by molar-refractivity contribution is 5.75. The summed E-state index contributed by atoms with van der Waals surface area (Å²) in [6.45, 7) is 9.32. The quantitative estimate of drug-likeness (QED) is 0.349. The molecule has 1 amide bonds. The van der Waals surface area contributed by atoms with Crippen molar-refractivity contribution in [1.82, 2.24) is 20.9 Å². The Balaban J connectivity index is 0.00000195. The van der Waals surface area contributed by atoms with E-state index in [2.05, 4.69) is 16.0 Å². The van der Waals surface area contributed by atoms with Gasteiger partial charge in [-0.05, 0) is 54.6 Å². The second-order valence-electron chi connectivity index (χ2n) is 9.80. The zero-order chi connectivity index (χ0) is 27.8. The largest absolute Gasteiger partial charge is 0.394 e. The summed E-state index contributed by atoms with van der Waals surface area (Å²) < 4.78 is 28.5. The number of nitrogens with one attached hydrogen (secondary N) is 3. The van der Waals surface area contributed by atoms with Gasteiger partial charge in [0.2, 0.25) is 5.91 Å². The number of hydrogen-bond donors (Lipinski definition) is 5. The third kappa shape index (κ3) is 6.65. The number of carbonyl (C=O) groups excluding carboxylic acids is 1. The van der Waals surface area contributed by atoms with Crippen LogP contribution in [0.3, 0.4) is 0 Å². The molecule has 8 nitrogen and oxygen atoms in total. The van der Waals surface area contributed by atoms with Gasteiger partial charge >= 0.3 is 0 Å². The molecule has 0 aliphatic carbocycles. The molecule has 4 rings (SSSR count). The van der Waals surface area contributed by atoms with Crippen molar-refractivity contribution >= 4 is 17.2 Å². The average Bonchev–Trinajstić information content (AvgIpc) is 3.44. The van der Waals surface area contributed by atoms with Gasteiger partial charge < -0.3 is 37.2 Å². The number of benzene rings is 1. The number of rotatable bonds is 8. The number of carbonyl (C=O) groups is 1. The highest BCUT2D eigenvalue weighted by Crippen LogP contribution is 2.38. The number of nitrogens with two attached hydrogens (primary N) is 2. The Morgan fingerprint density at radius 2 is 2.03 bits per heavy atom. The number of nitrogens with zero attached hydrogens (tertiary/aromatic N) is 2. The van der Waals surface area contributed by atoms with E-state index in [4.69, 9.17) is 11.5 Å². The van der Waals surface area contributed by atoms with E-state index in [-0.39, 0.29) is 18.0 Å². The minimum absolute atomic E-state index is 0.00981. The first kappa shape index (κ1) is 29.9. The van der Waals surface area contributed by atoms with Crippen LogP contribution < -0.4 is 32.3 Å². The second kappa shape index (κ2) is 13.9. The monoisotopic (exact) mass is 533 g/mol. The van der Waals surface area contributed by atoms with E-state index >= 15 is 0 Å². The Labute approximate surface area is 225 Å². The molecule has 0 spiro atoms. The summed E-state index contributed by atoms with van der Waals surface area (Å²) >= 11 is 0. The molecule has 0 bridgehead atoms. The van der Waals surface area contributed by atoms with E-state index in [1.165, 1.54) is 0 Å². The van der Waals surface area contributed by atoms with Gasteiger partial charge in [0.15, 0.2) is 0 Å². The lowest BCUT2D eigenvalue weighted by Gasteiger charge is -2.41. The molecule has 0 aromatic heterocycles. The molecule has 2 unspecified atom stereocenters. The van der Waals surface area contributed by atoms with Crippen molar-refractivity contribution in [2.24, 2.45) is 11.5 Å². The normalized spacial score (nSPS) is 20.7. The smallest absolute Gasteiger partial charge is 0.264 e. The van der Waals surface area contributed by atoms with Gasteiger partial charge in [0.05, 0.1) is 0 Å². The van der Waals surface area contributed by atoms with Crippen LogP contribution in [-0.2, 0) is 11.2 Å². The van der Waals surface area contributed by atoms with E-state index in [9.17, 15) is 13.6 Å². The molecule has 7 N–H and O–H groups in total. The summed E-state index contributed by atoms with van der Waals surface area (Å²) in [5, 5.41) is 9.96. The van der Waals surface area contributed by atoms with Crippen molar-refractivity contribution < 1.29 is 13.6 Å². The molecular formula is C28H45F2N7O. The standard InChI is InChI=1S/C26H39F2N7O.C2H6/c1-16(36)34-9-6-23(33-19-5-7-32-14-19)22(15-34)26(30)35-8-3-4-17-10-20(18(12-29)13-31-2)21(25(27)28)11-24(17)35;1-2/h10-11,13,19,25-26,31-33H,3-9,12,14-15,29-30H2,1-2H3;1-2H3/b18-13+;. The van der Waals surface area contributed by atoms with E-state index < -0.39 is 12.6 Å². The third-order valence-electron chi connectivity index (χ3n) is 7.48. The van der Waals surface area contributed by atoms with Crippen molar-refractivity contribution in [3.8, 4) is 0 Å². The van der Waals surface area contributed by atoms with Crippen LogP contribution in [0.15, 0.2) is 29.6 Å². The fourth-order valence-corrected chi connectivity index (χ4v) is 5.55. The van der Waals surface area contributed by atoms with Crippen molar-refractivity contribution in [2.45, 2.75) is 65.1 Å². The molecule has 1 aromatic carbocycles. The van der Waals surface area contributed by atoms with E-state index in [1.807, 2.05) is 29.7 Å². The summed E-state index contributed by atoms with van der Waals surface area (Å²) in [7, 11) is 1.73. The van der Waals surface area contributed by atoms with Crippen LogP contribution in [0.1, 0.15) is 63.1 Å². The minimum Gasteiger partial charge on any atom is -0.394 e. The molecule has 10 heteroatoms. The summed E-state index contributed by atoms with van der Waals surface area (Å²) in [6, 6.07) is 3.77. The van der Waals surface area contributed by atoms with Gasteiger partial charge in [0.1, 0.15) is 6.17 Å². The summed E-state index contributed by atoms with van der Waals surface area (Å²) in [4.78, 5) is 16.1. The van der Waals surface area contributed by atoms with Crippen LogP contribution in [0.5, 0.6) is 0 Å². The van der Waals surface area contributed by atoms with Crippen LogP contribution >= 0.6 is 0 Å². The zero-order valence-corrected chi connectivity index (χ0v) is 23.2. The number of anilines is 1. The highest BCUT2D eigenvalue weighted by atomic mass is 19.3. The number of halogens is 2. The predicted octanol–water partition coefficient (Wildman–Crippen LogP) is 2.66. The average molecular weight is 534 g/mol. The summed E-state index contributed by atoms with van der Waals surface area (Å²) in [6.07, 6.45) is 1.88. The van der Waals surface area contributed by atoms with Gasteiger partial charge in [-0.3, -0.25) is 4.79 Å². The molecular weight excluding hydrogens is 488 g/mol. The van der Waals surface area contributed by atoms with Crippen molar-refractivity contribution in [1.29, 1.82) is 0 Å². The Kier molecular flexibility index (Phi) is 10.9. The zero-order valence-electron chi connectivity index (χ0n) is 23.2. The van der Waals surface area contributed by atoms with Crippen LogP contribution in [0.25, 0.3) is 5.57 Å². The SMILES string of the molecule is CC.CN/C=C(\CN)c1cc2c(cc1C(F)F)N(C(N)C1=C(NC3CCNC3)CCN(C(C)=O)C1)CCC2. The van der Waals surface area contributed by atoms with Crippen molar-refractivity contribution in [3.63, 3.8) is 0 Å². The van der Waals surface area contributed by atoms with Crippen LogP contribution in [0.2, 0.25) is 0 Å². The van der Waals surface area contributed by atoms with Crippen LogP contribution in [0.4, 0.5) is 14.5 Å². The first-order valence-corrected chi connectivity index (χ1v) is 13.8. The molecule has 0 radical (unpaired) electrons. The lowest BCUT2D eigenvalue weighted by molar-refractivity contribution is -0.128. The van der Waals surface area contributed by atoms with Crippen molar-refractivity contribution in [3.05, 3.63) is 46.3 Å². The van der Waals surface area contributed by atoms with E-state index in [1.54, 1.807) is 26.2 Å². The first-order chi connectivity index (χ1) is 18.3. The van der Waals surface area contributed by atoms with Crippen LogP contribution in [-0.4, -0.2) is 69.3 Å². The molecule has 1 saturated heterocycles. The molecule has 1 aromatic rings. The second-order valence-corrected chi connectivity index (χ2v) is 9.80. The maximum absolute atomic E-state index is 14.2. The molecule has 2 atom stereocenters. The Hall–Kier alpha value is -2.69. The number of fused-ring (bicyclic) bond motifs is 1. The molecule has 1 fully saturated rings. The highest BCUT2D eigenvalue weighted by Gasteiger charge is 2.32. The predicted molar refractivity (Wildman–Crippen MR) is 151 cm³/mol. The third-order valence-corrected chi connectivity index (χ3v) is 7.48. The Morgan fingerprint density at radius 1 is 1.26 bits per heavy atom. The Bertz CT molecular complexity index is 1020. The van der Waals surface area contributed by atoms with E-state index in [0.29, 0.717) is 43.2 Å². The Morgan fingerprint density at radius 3 is 2.63 bits per heavy atom. The molecule has 0 saturated carbocycles. The first-order valence-electron chi connectivity index (χ1n) is 13.8. The molecule has 3 aliphatic rings. The van der Waals surface area contributed by atoms with Crippen molar-refractivity contribution in [2.75, 3.05) is 51.2 Å². The van der Waals surface area contributed by atoms with Gasteiger partial charge in [-0.1, -0.05) is 13.8 Å². The molecule has 3 aliphatic heterocycles. The summed E-state index contributed by atoms with van der Waals surface area (Å²) in [5.74, 6) is 0.00981. The lowest BCUT2D eigenvalue weighted by Crippen LogP contribution is -2.52. The molecule has 212 valence electrons. The van der Waals surface area contributed by atoms with Gasteiger partial charge in [-0.2, -0.15) is 0 Å². The number of aryl methyl sites for hydroxylation is 1. The summed E-state index contributed by atoms with van der Waals surface area (Å²) in [5.41, 5.74) is 17.6. The minimum atomic E-state index is -2.65. The van der Waals surface area contributed by atoms with Gasteiger partial charge in [-0.25, -0.2) is 8.78 Å². The van der Waals surface area contributed by atoms with Gasteiger partial charge in [0, 0.05) is 87.9 Å². The molecule has 38 heavy (non-hydrogen) atoms. The number of hydrogen-bond acceptors (Lipinski definition) is 7. The topological polar surface area (TPSA) is 112 Å². The fraction of sp³-hybridized carbons (Fsp3) is 0.607. The number of amides is 1. The number of alkyl halides is 2. The van der Waals surface area contributed by atoms with Gasteiger partial charge in [-0.15, -0.1) is 0 Å². The lowest BCUT2D eigenvalue weighted by atomic mass is 9.91. The maximum Gasteiger partial charge on any atom is 0.264 e. The van der Waals surface area contributed by atoms with Gasteiger partial charge in [0.25, 0.3) is 6.43 Å². The fourth-order valence-electron chi connectivity index (χ4n) is 5.55. The van der Waals surface area contributed by atoms with E-state index in [0.717, 1.165) is 54.9 Å². The van der Waals surface area contributed by atoms with Crippen LogP contribution in [0, 0.1) is 0 Å².